The van der Waals surface area contributed by atoms with Gasteiger partial charge in [0.25, 0.3) is 0 Å². The number of aromatic nitrogens is 1. The molecule has 0 bridgehead atoms. The molecule has 3 heteroatoms. The fourth-order valence-electron chi connectivity index (χ4n) is 2.22. The first kappa shape index (κ1) is 17.1. The number of rotatable bonds is 9. The van der Waals surface area contributed by atoms with Gasteiger partial charge in [-0.25, -0.2) is 0 Å². The third-order valence-electron chi connectivity index (χ3n) is 3.56. The normalized spacial score (nSPS) is 11.0. The number of carbonyl (C=O) groups is 1. The monoisotopic (exact) mass is 309 g/mol. The van der Waals surface area contributed by atoms with Gasteiger partial charge in [0.2, 0.25) is 0 Å². The number of ether oxygens (including phenoxy) is 1. The predicted molar refractivity (Wildman–Crippen MR) is 93.2 cm³/mol. The summed E-state index contributed by atoms with van der Waals surface area (Å²) in [4.78, 5) is 15.8. The molecule has 1 aromatic heterocycles. The number of benzene rings is 1. The van der Waals surface area contributed by atoms with Crippen molar-refractivity contribution in [1.29, 1.82) is 0 Å². The molecule has 120 valence electrons. The van der Waals surface area contributed by atoms with Crippen LogP contribution >= 0.6 is 0 Å². The van der Waals surface area contributed by atoms with Gasteiger partial charge in [0.15, 0.2) is 5.78 Å². The van der Waals surface area contributed by atoms with Crippen LogP contribution in [-0.2, 0) is 22.4 Å². The lowest BCUT2D eigenvalue weighted by Gasteiger charge is -2.02. The molecule has 0 saturated heterocycles. The lowest BCUT2D eigenvalue weighted by molar-refractivity contribution is -0.115. The zero-order valence-electron chi connectivity index (χ0n) is 13.6. The van der Waals surface area contributed by atoms with E-state index in [1.165, 1.54) is 11.1 Å². The van der Waals surface area contributed by atoms with Crippen LogP contribution < -0.4 is 0 Å². The summed E-state index contributed by atoms with van der Waals surface area (Å²) >= 11 is 0. The Hall–Kier alpha value is -2.26. The van der Waals surface area contributed by atoms with Crippen molar-refractivity contribution in [1.82, 2.24) is 4.98 Å². The summed E-state index contributed by atoms with van der Waals surface area (Å²) < 4.78 is 5.18. The average molecular weight is 309 g/mol. The quantitative estimate of drug-likeness (QED) is 0.521. The first-order valence-corrected chi connectivity index (χ1v) is 8.04. The number of hydrogen-bond donors (Lipinski definition) is 0. The standard InChI is InChI=1S/C20H23NO2/c1-2-23-15-13-20(22)12-11-18-7-5-17(6-8-18)9-10-19-4-3-14-21-16-19/h3-8,11-12,14,16H,2,9-10,13,15H2,1H3/b12-11+. The molecule has 2 aromatic rings. The maximum absolute atomic E-state index is 11.6. The Morgan fingerprint density at radius 2 is 1.91 bits per heavy atom. The Balaban J connectivity index is 1.81. The van der Waals surface area contributed by atoms with Crippen molar-refractivity contribution < 1.29 is 9.53 Å². The first-order valence-electron chi connectivity index (χ1n) is 8.04. The molecule has 0 radical (unpaired) electrons. The highest BCUT2D eigenvalue weighted by molar-refractivity contribution is 5.93. The molecule has 0 aliphatic carbocycles. The van der Waals surface area contributed by atoms with Gasteiger partial charge in [0.1, 0.15) is 0 Å². The van der Waals surface area contributed by atoms with E-state index in [1.807, 2.05) is 37.4 Å². The van der Waals surface area contributed by atoms with E-state index in [-0.39, 0.29) is 5.78 Å². The lowest BCUT2D eigenvalue weighted by atomic mass is 10.0. The van der Waals surface area contributed by atoms with Crippen molar-refractivity contribution in [3.63, 3.8) is 0 Å². The summed E-state index contributed by atoms with van der Waals surface area (Å²) in [5, 5.41) is 0. The smallest absolute Gasteiger partial charge is 0.158 e. The minimum absolute atomic E-state index is 0.0964. The lowest BCUT2D eigenvalue weighted by Crippen LogP contribution is -2.00. The largest absolute Gasteiger partial charge is 0.381 e. The molecular formula is C20H23NO2. The number of allylic oxidation sites excluding steroid dienone is 1. The molecule has 0 aliphatic rings. The third-order valence-corrected chi connectivity index (χ3v) is 3.56. The van der Waals surface area contributed by atoms with Crippen LogP contribution in [0.25, 0.3) is 6.08 Å². The van der Waals surface area contributed by atoms with Gasteiger partial charge < -0.3 is 4.74 Å². The molecule has 0 spiro atoms. The number of aryl methyl sites for hydroxylation is 2. The summed E-state index contributed by atoms with van der Waals surface area (Å²) in [6, 6.07) is 12.4. The Morgan fingerprint density at radius 3 is 2.61 bits per heavy atom. The van der Waals surface area contributed by atoms with Crippen molar-refractivity contribution >= 4 is 11.9 Å². The second-order valence-electron chi connectivity index (χ2n) is 5.35. The van der Waals surface area contributed by atoms with Crippen LogP contribution in [0.1, 0.15) is 30.0 Å². The van der Waals surface area contributed by atoms with E-state index in [1.54, 1.807) is 12.3 Å². The molecule has 1 heterocycles. The SMILES string of the molecule is CCOCCC(=O)/C=C/c1ccc(CCc2cccnc2)cc1. The fourth-order valence-corrected chi connectivity index (χ4v) is 2.22. The van der Waals surface area contributed by atoms with Crippen molar-refractivity contribution in [2.24, 2.45) is 0 Å². The van der Waals surface area contributed by atoms with Gasteiger partial charge in [-0.1, -0.05) is 36.4 Å². The zero-order valence-corrected chi connectivity index (χ0v) is 13.6. The van der Waals surface area contributed by atoms with Gasteiger partial charge in [-0.2, -0.15) is 0 Å². The van der Waals surface area contributed by atoms with Gasteiger partial charge in [0, 0.05) is 25.4 Å². The molecular weight excluding hydrogens is 286 g/mol. The van der Waals surface area contributed by atoms with Gasteiger partial charge in [-0.05, 0) is 48.6 Å². The zero-order chi connectivity index (χ0) is 16.3. The second-order valence-corrected chi connectivity index (χ2v) is 5.35. The highest BCUT2D eigenvalue weighted by atomic mass is 16.5. The highest BCUT2D eigenvalue weighted by Gasteiger charge is 1.98. The van der Waals surface area contributed by atoms with E-state index in [4.69, 9.17) is 4.74 Å². The Labute approximate surface area is 138 Å². The van der Waals surface area contributed by atoms with Crippen LogP contribution in [-0.4, -0.2) is 24.0 Å². The van der Waals surface area contributed by atoms with Crippen LogP contribution in [0.3, 0.4) is 0 Å². The maximum atomic E-state index is 11.6. The molecule has 0 N–H and O–H groups in total. The van der Waals surface area contributed by atoms with E-state index < -0.39 is 0 Å². The molecule has 0 unspecified atom stereocenters. The molecule has 1 aromatic carbocycles. The van der Waals surface area contributed by atoms with Crippen molar-refractivity contribution in [2.75, 3.05) is 13.2 Å². The minimum atomic E-state index is 0.0964. The molecule has 0 aliphatic heterocycles. The van der Waals surface area contributed by atoms with Crippen molar-refractivity contribution in [3.05, 3.63) is 71.6 Å². The Morgan fingerprint density at radius 1 is 1.13 bits per heavy atom. The minimum Gasteiger partial charge on any atom is -0.381 e. The fraction of sp³-hybridized carbons (Fsp3) is 0.300. The number of hydrogen-bond acceptors (Lipinski definition) is 3. The van der Waals surface area contributed by atoms with E-state index in [9.17, 15) is 4.79 Å². The van der Waals surface area contributed by atoms with E-state index in [0.717, 1.165) is 18.4 Å². The summed E-state index contributed by atoms with van der Waals surface area (Å²) in [5.41, 5.74) is 3.57. The van der Waals surface area contributed by atoms with E-state index in [0.29, 0.717) is 19.6 Å². The molecule has 23 heavy (non-hydrogen) atoms. The summed E-state index contributed by atoms with van der Waals surface area (Å²) in [5.74, 6) is 0.0964. The Bertz CT molecular complexity index is 618. The van der Waals surface area contributed by atoms with Crippen LogP contribution in [0.15, 0.2) is 54.9 Å². The molecule has 3 nitrogen and oxygen atoms in total. The van der Waals surface area contributed by atoms with Crippen LogP contribution in [0.4, 0.5) is 0 Å². The first-order chi connectivity index (χ1) is 11.3. The molecule has 0 atom stereocenters. The van der Waals surface area contributed by atoms with Crippen LogP contribution in [0, 0.1) is 0 Å². The average Bonchev–Trinajstić information content (AvgIpc) is 2.60. The topological polar surface area (TPSA) is 39.2 Å². The van der Waals surface area contributed by atoms with Crippen LogP contribution in [0.2, 0.25) is 0 Å². The van der Waals surface area contributed by atoms with Crippen molar-refractivity contribution in [3.8, 4) is 0 Å². The third kappa shape index (κ3) is 6.57. The Kier molecular flexibility index (Phi) is 7.21. The summed E-state index contributed by atoms with van der Waals surface area (Å²) in [7, 11) is 0. The molecule has 2 rings (SSSR count). The molecule has 0 fully saturated rings. The maximum Gasteiger partial charge on any atom is 0.158 e. The highest BCUT2D eigenvalue weighted by Crippen LogP contribution is 2.10. The van der Waals surface area contributed by atoms with E-state index in [2.05, 4.69) is 23.2 Å². The number of ketones is 1. The molecule has 0 amide bonds. The van der Waals surface area contributed by atoms with Gasteiger partial charge in [-0.15, -0.1) is 0 Å². The van der Waals surface area contributed by atoms with Gasteiger partial charge in [-0.3, -0.25) is 9.78 Å². The number of pyridine rings is 1. The summed E-state index contributed by atoms with van der Waals surface area (Å²) in [6.45, 7) is 3.07. The van der Waals surface area contributed by atoms with Gasteiger partial charge in [0.05, 0.1) is 6.61 Å². The van der Waals surface area contributed by atoms with Crippen LogP contribution in [0.5, 0.6) is 0 Å². The van der Waals surface area contributed by atoms with Gasteiger partial charge >= 0.3 is 0 Å². The molecule has 0 saturated carbocycles. The number of carbonyl (C=O) groups excluding carboxylic acids is 1. The second kappa shape index (κ2) is 9.70. The predicted octanol–water partition coefficient (Wildman–Crippen LogP) is 3.88. The van der Waals surface area contributed by atoms with Crippen molar-refractivity contribution in [2.45, 2.75) is 26.2 Å². The summed E-state index contributed by atoms with van der Waals surface area (Å²) in [6.07, 6.45) is 9.60. The number of nitrogens with zero attached hydrogens (tertiary/aromatic N) is 1. The van der Waals surface area contributed by atoms with E-state index >= 15 is 0 Å².